The summed E-state index contributed by atoms with van der Waals surface area (Å²) in [5.41, 5.74) is -0.839. The van der Waals surface area contributed by atoms with Gasteiger partial charge in [0.1, 0.15) is 5.78 Å². The molecule has 20 heavy (non-hydrogen) atoms. The van der Waals surface area contributed by atoms with Crippen LogP contribution in [0, 0.1) is 27.7 Å². The number of benzene rings is 1. The fraction of sp³-hybridized carbons (Fsp3) is 0.462. The molecule has 0 radical (unpaired) electrons. The summed E-state index contributed by atoms with van der Waals surface area (Å²) in [6.07, 6.45) is 1.27. The van der Waals surface area contributed by atoms with Gasteiger partial charge in [-0.2, -0.15) is 0 Å². The first-order valence-electron chi connectivity index (χ1n) is 6.29. The van der Waals surface area contributed by atoms with E-state index in [1.165, 1.54) is 11.8 Å². The Hall–Kier alpha value is -2.05. The molecular weight excluding hydrogens is 270 g/mol. The third kappa shape index (κ3) is 2.61. The molecule has 108 valence electrons. The van der Waals surface area contributed by atoms with Gasteiger partial charge in [-0.05, 0) is 25.8 Å². The van der Waals surface area contributed by atoms with Crippen molar-refractivity contribution < 1.29 is 18.5 Å². The van der Waals surface area contributed by atoms with Crippen LogP contribution < -0.4 is 4.90 Å². The van der Waals surface area contributed by atoms with Crippen LogP contribution >= 0.6 is 0 Å². The number of nitro benzene ring substituents is 1. The minimum atomic E-state index is -1.23. The van der Waals surface area contributed by atoms with Crippen LogP contribution in [0.3, 0.4) is 0 Å². The monoisotopic (exact) mass is 284 g/mol. The Morgan fingerprint density at radius 3 is 2.75 bits per heavy atom. The van der Waals surface area contributed by atoms with Crippen molar-refractivity contribution in [1.82, 2.24) is 0 Å². The number of carbonyl (C=O) groups excluding carboxylic acids is 1. The molecule has 1 fully saturated rings. The highest BCUT2D eigenvalue weighted by Crippen LogP contribution is 2.35. The van der Waals surface area contributed by atoms with Crippen molar-refractivity contribution in [2.45, 2.75) is 19.8 Å². The molecule has 1 aromatic rings. The van der Waals surface area contributed by atoms with E-state index in [4.69, 9.17) is 0 Å². The molecule has 1 aliphatic rings. The number of rotatable bonds is 3. The van der Waals surface area contributed by atoms with Crippen molar-refractivity contribution in [1.29, 1.82) is 0 Å². The Morgan fingerprint density at radius 2 is 2.15 bits per heavy atom. The molecule has 0 aromatic heterocycles. The summed E-state index contributed by atoms with van der Waals surface area (Å²) in [6, 6.07) is 1.69. The first-order chi connectivity index (χ1) is 9.41. The van der Waals surface area contributed by atoms with Crippen molar-refractivity contribution in [3.63, 3.8) is 0 Å². The van der Waals surface area contributed by atoms with E-state index in [1.54, 1.807) is 0 Å². The van der Waals surface area contributed by atoms with Crippen LogP contribution in [0.2, 0.25) is 0 Å². The third-order valence-corrected chi connectivity index (χ3v) is 3.56. The summed E-state index contributed by atoms with van der Waals surface area (Å²) >= 11 is 0. The second kappa shape index (κ2) is 5.52. The van der Waals surface area contributed by atoms with Gasteiger partial charge in [0.2, 0.25) is 0 Å². The smallest absolute Gasteiger partial charge is 0.295 e. The molecule has 2 rings (SSSR count). The summed E-state index contributed by atoms with van der Waals surface area (Å²) in [4.78, 5) is 23.0. The second-order valence-electron chi connectivity index (χ2n) is 4.88. The Labute approximate surface area is 114 Å². The normalized spacial score (nSPS) is 18.9. The molecule has 7 heteroatoms. The highest BCUT2D eigenvalue weighted by molar-refractivity contribution is 5.79. The van der Waals surface area contributed by atoms with E-state index in [2.05, 4.69) is 0 Å². The fourth-order valence-corrected chi connectivity index (χ4v) is 2.49. The van der Waals surface area contributed by atoms with E-state index in [-0.39, 0.29) is 23.9 Å². The zero-order valence-electron chi connectivity index (χ0n) is 10.9. The number of hydrogen-bond donors (Lipinski definition) is 0. The first-order valence-corrected chi connectivity index (χ1v) is 6.29. The van der Waals surface area contributed by atoms with Crippen LogP contribution in [0.15, 0.2) is 12.1 Å². The number of Topliss-reactive ketones (excluding diaryl/α,β-unsaturated/α-hetero) is 1. The predicted molar refractivity (Wildman–Crippen MR) is 68.6 cm³/mol. The number of nitro groups is 1. The summed E-state index contributed by atoms with van der Waals surface area (Å²) in [7, 11) is 0. The molecule has 1 aliphatic heterocycles. The van der Waals surface area contributed by atoms with Crippen LogP contribution in [-0.2, 0) is 4.79 Å². The molecule has 0 bridgehead atoms. The Balaban J connectivity index is 2.43. The first kappa shape index (κ1) is 14.4. The highest BCUT2D eigenvalue weighted by Gasteiger charge is 2.31. The number of carbonyl (C=O) groups is 1. The molecule has 0 aliphatic carbocycles. The zero-order chi connectivity index (χ0) is 14.9. The molecule has 1 atom stereocenters. The molecule has 1 saturated heterocycles. The molecule has 0 spiro atoms. The van der Waals surface area contributed by atoms with Gasteiger partial charge in [-0.25, -0.2) is 8.78 Å². The van der Waals surface area contributed by atoms with Gasteiger partial charge < -0.3 is 4.90 Å². The number of nitrogens with zero attached hydrogens (tertiary/aromatic N) is 2. The number of anilines is 1. The minimum absolute atomic E-state index is 0.0471. The quantitative estimate of drug-likeness (QED) is 0.632. The van der Waals surface area contributed by atoms with Crippen molar-refractivity contribution >= 4 is 17.2 Å². The third-order valence-electron chi connectivity index (χ3n) is 3.56. The van der Waals surface area contributed by atoms with E-state index in [9.17, 15) is 23.7 Å². The SMILES string of the molecule is CC(=O)C1CCCN(c2c([N+](=O)[O-])ccc(F)c2F)C1. The lowest BCUT2D eigenvalue weighted by atomic mass is 9.94. The maximum atomic E-state index is 13.9. The van der Waals surface area contributed by atoms with Gasteiger partial charge in [-0.1, -0.05) is 0 Å². The van der Waals surface area contributed by atoms with E-state index in [1.807, 2.05) is 0 Å². The summed E-state index contributed by atoms with van der Waals surface area (Å²) in [5.74, 6) is -2.71. The van der Waals surface area contributed by atoms with Gasteiger partial charge in [0.15, 0.2) is 17.3 Å². The van der Waals surface area contributed by atoms with Crippen LogP contribution in [0.25, 0.3) is 0 Å². The van der Waals surface area contributed by atoms with E-state index in [0.717, 1.165) is 12.1 Å². The lowest BCUT2D eigenvalue weighted by Crippen LogP contribution is -2.39. The van der Waals surface area contributed by atoms with Gasteiger partial charge in [-0.3, -0.25) is 14.9 Å². The molecule has 0 N–H and O–H groups in total. The molecule has 0 saturated carbocycles. The topological polar surface area (TPSA) is 63.5 Å². The van der Waals surface area contributed by atoms with E-state index in [0.29, 0.717) is 19.4 Å². The van der Waals surface area contributed by atoms with Crippen LogP contribution in [0.5, 0.6) is 0 Å². The average molecular weight is 284 g/mol. The lowest BCUT2D eigenvalue weighted by molar-refractivity contribution is -0.384. The number of piperidine rings is 1. The molecule has 1 aromatic carbocycles. The molecule has 1 heterocycles. The molecule has 0 amide bonds. The van der Waals surface area contributed by atoms with Gasteiger partial charge >= 0.3 is 0 Å². The second-order valence-corrected chi connectivity index (χ2v) is 4.88. The van der Waals surface area contributed by atoms with Crippen LogP contribution in [-0.4, -0.2) is 23.8 Å². The van der Waals surface area contributed by atoms with Gasteiger partial charge in [0.05, 0.1) is 4.92 Å². The van der Waals surface area contributed by atoms with Gasteiger partial charge in [0.25, 0.3) is 5.69 Å². The number of ketones is 1. The maximum Gasteiger partial charge on any atom is 0.295 e. The predicted octanol–water partition coefficient (Wildman–Crippen LogP) is 2.68. The molecular formula is C13H14F2N2O3. The van der Waals surface area contributed by atoms with Crippen molar-refractivity contribution in [2.24, 2.45) is 5.92 Å². The molecule has 5 nitrogen and oxygen atoms in total. The summed E-state index contributed by atoms with van der Waals surface area (Å²) in [6.45, 7) is 1.98. The number of hydrogen-bond acceptors (Lipinski definition) is 4. The van der Waals surface area contributed by atoms with Crippen LogP contribution in [0.1, 0.15) is 19.8 Å². The maximum absolute atomic E-state index is 13.9. The fourth-order valence-electron chi connectivity index (χ4n) is 2.49. The molecule has 1 unspecified atom stereocenters. The average Bonchev–Trinajstić information content (AvgIpc) is 2.41. The lowest BCUT2D eigenvalue weighted by Gasteiger charge is -2.33. The van der Waals surface area contributed by atoms with Crippen LogP contribution in [0.4, 0.5) is 20.2 Å². The van der Waals surface area contributed by atoms with E-state index < -0.39 is 22.2 Å². The van der Waals surface area contributed by atoms with Crippen molar-refractivity contribution in [3.8, 4) is 0 Å². The van der Waals surface area contributed by atoms with E-state index >= 15 is 0 Å². The number of halogens is 2. The highest BCUT2D eigenvalue weighted by atomic mass is 19.2. The van der Waals surface area contributed by atoms with Crippen molar-refractivity contribution in [2.75, 3.05) is 18.0 Å². The Kier molecular flexibility index (Phi) is 3.96. The van der Waals surface area contributed by atoms with Gasteiger partial charge in [0, 0.05) is 25.1 Å². The van der Waals surface area contributed by atoms with Gasteiger partial charge in [-0.15, -0.1) is 0 Å². The largest absolute Gasteiger partial charge is 0.363 e. The zero-order valence-corrected chi connectivity index (χ0v) is 10.9. The standard InChI is InChI=1S/C13H14F2N2O3/c1-8(18)9-3-2-6-16(7-9)13-11(17(19)20)5-4-10(14)12(13)15/h4-5,9H,2-3,6-7H2,1H3. The summed E-state index contributed by atoms with van der Waals surface area (Å²) in [5, 5.41) is 11.0. The minimum Gasteiger partial charge on any atom is -0.363 e. The van der Waals surface area contributed by atoms with Crippen molar-refractivity contribution in [3.05, 3.63) is 33.9 Å². The summed E-state index contributed by atoms with van der Waals surface area (Å²) < 4.78 is 27.3. The Bertz CT molecular complexity index is 563. The Morgan fingerprint density at radius 1 is 1.45 bits per heavy atom.